The van der Waals surface area contributed by atoms with Crippen molar-refractivity contribution in [2.24, 2.45) is 11.8 Å². The minimum Gasteiger partial charge on any atom is -0.356 e. The number of nitrogens with one attached hydrogen (secondary N) is 1. The van der Waals surface area contributed by atoms with E-state index in [4.69, 9.17) is 11.6 Å². The van der Waals surface area contributed by atoms with Crippen LogP contribution in [0.2, 0.25) is 5.02 Å². The van der Waals surface area contributed by atoms with Gasteiger partial charge in [-0.1, -0.05) is 49.4 Å². The summed E-state index contributed by atoms with van der Waals surface area (Å²) in [6, 6.07) is 7.53. The maximum atomic E-state index is 12.5. The van der Waals surface area contributed by atoms with E-state index in [1.165, 1.54) is 25.7 Å². The summed E-state index contributed by atoms with van der Waals surface area (Å²) in [7, 11) is 0. The lowest BCUT2D eigenvalue weighted by Crippen LogP contribution is -2.45. The summed E-state index contributed by atoms with van der Waals surface area (Å²) in [5, 5.41) is 3.78. The molecule has 1 aromatic rings. The van der Waals surface area contributed by atoms with E-state index in [1.807, 2.05) is 24.3 Å². The molecule has 2 amide bonds. The van der Waals surface area contributed by atoms with Crippen molar-refractivity contribution in [1.82, 2.24) is 10.2 Å². The second-order valence-electron chi connectivity index (χ2n) is 7.37. The first-order chi connectivity index (χ1) is 12.1. The van der Waals surface area contributed by atoms with Gasteiger partial charge >= 0.3 is 0 Å². The summed E-state index contributed by atoms with van der Waals surface area (Å²) < 4.78 is 0. The molecule has 3 rings (SSSR count). The molecular formula is C20H27ClN2O2. The van der Waals surface area contributed by atoms with Crippen LogP contribution in [-0.4, -0.2) is 29.8 Å². The van der Waals surface area contributed by atoms with Gasteiger partial charge in [-0.25, -0.2) is 0 Å². The number of benzene rings is 1. The summed E-state index contributed by atoms with van der Waals surface area (Å²) in [5.74, 6) is 0.930. The third-order valence-electron chi connectivity index (χ3n) is 5.48. The molecule has 1 aliphatic carbocycles. The van der Waals surface area contributed by atoms with Crippen molar-refractivity contribution >= 4 is 23.4 Å². The van der Waals surface area contributed by atoms with Crippen LogP contribution in [0.3, 0.4) is 0 Å². The van der Waals surface area contributed by atoms with E-state index < -0.39 is 0 Å². The largest absolute Gasteiger partial charge is 0.356 e. The first-order valence-electron chi connectivity index (χ1n) is 9.42. The number of hydrogen-bond acceptors (Lipinski definition) is 2. The van der Waals surface area contributed by atoms with Gasteiger partial charge in [-0.2, -0.15) is 0 Å². The van der Waals surface area contributed by atoms with Crippen LogP contribution in [0.25, 0.3) is 0 Å². The molecule has 1 aliphatic heterocycles. The fourth-order valence-corrected chi connectivity index (χ4v) is 4.06. The molecule has 0 spiro atoms. The Balaban J connectivity index is 1.47. The molecule has 5 heteroatoms. The Hall–Kier alpha value is -1.55. The van der Waals surface area contributed by atoms with Crippen molar-refractivity contribution in [2.45, 2.75) is 51.5 Å². The molecule has 2 fully saturated rings. The van der Waals surface area contributed by atoms with E-state index in [0.717, 1.165) is 24.4 Å². The maximum absolute atomic E-state index is 12.5. The molecule has 0 bridgehead atoms. The van der Waals surface area contributed by atoms with E-state index in [2.05, 4.69) is 5.32 Å². The minimum atomic E-state index is -0.0893. The number of rotatable bonds is 6. The van der Waals surface area contributed by atoms with Crippen LogP contribution >= 0.6 is 11.6 Å². The molecule has 1 N–H and O–H groups in total. The van der Waals surface area contributed by atoms with Crippen molar-refractivity contribution in [3.63, 3.8) is 0 Å². The van der Waals surface area contributed by atoms with Gasteiger partial charge in [0.1, 0.15) is 0 Å². The van der Waals surface area contributed by atoms with Crippen LogP contribution in [0.15, 0.2) is 24.3 Å². The average molecular weight is 363 g/mol. The quantitative estimate of drug-likeness (QED) is 0.837. The fourth-order valence-electron chi connectivity index (χ4n) is 3.93. The molecule has 2 aliphatic rings. The molecule has 1 atom stereocenters. The number of carbonyl (C=O) groups is 2. The first kappa shape index (κ1) is 18.2. The number of halogens is 1. The Labute approximate surface area is 154 Å². The highest BCUT2D eigenvalue weighted by Gasteiger charge is 2.30. The van der Waals surface area contributed by atoms with Crippen LogP contribution in [0.1, 0.15) is 50.5 Å². The first-order valence-corrected chi connectivity index (χ1v) is 9.79. The zero-order valence-corrected chi connectivity index (χ0v) is 15.4. The predicted octanol–water partition coefficient (Wildman–Crippen LogP) is 3.78. The molecular weight excluding hydrogens is 336 g/mol. The number of carbonyl (C=O) groups excluding carboxylic acids is 2. The molecule has 1 saturated heterocycles. The van der Waals surface area contributed by atoms with Gasteiger partial charge in [0.25, 0.3) is 0 Å². The van der Waals surface area contributed by atoms with E-state index in [1.54, 1.807) is 4.90 Å². The molecule has 25 heavy (non-hydrogen) atoms. The van der Waals surface area contributed by atoms with E-state index in [9.17, 15) is 9.59 Å². The molecule has 136 valence electrons. The summed E-state index contributed by atoms with van der Waals surface area (Å²) in [6.07, 6.45) is 7.49. The Bertz CT molecular complexity index is 596. The topological polar surface area (TPSA) is 49.4 Å². The van der Waals surface area contributed by atoms with Crippen LogP contribution in [0.4, 0.5) is 0 Å². The van der Waals surface area contributed by atoms with Gasteiger partial charge < -0.3 is 10.2 Å². The van der Waals surface area contributed by atoms with Gasteiger partial charge in [-0.15, -0.1) is 0 Å². The summed E-state index contributed by atoms with van der Waals surface area (Å²) in [5.41, 5.74) is 1.04. The van der Waals surface area contributed by atoms with Crippen LogP contribution in [-0.2, 0) is 16.1 Å². The van der Waals surface area contributed by atoms with Crippen LogP contribution < -0.4 is 5.32 Å². The Morgan fingerprint density at radius 1 is 1.16 bits per heavy atom. The lowest BCUT2D eigenvalue weighted by atomic mass is 9.95. The monoisotopic (exact) mass is 362 g/mol. The number of amides is 2. The normalized spacial score (nSPS) is 21.6. The van der Waals surface area contributed by atoms with Gasteiger partial charge in [-0.05, 0) is 36.5 Å². The minimum absolute atomic E-state index is 0.0893. The summed E-state index contributed by atoms with van der Waals surface area (Å²) in [4.78, 5) is 26.4. The zero-order chi connectivity index (χ0) is 17.6. The smallest absolute Gasteiger partial charge is 0.224 e. The summed E-state index contributed by atoms with van der Waals surface area (Å²) in [6.45, 7) is 1.82. The molecule has 1 heterocycles. The Morgan fingerprint density at radius 3 is 2.60 bits per heavy atom. The molecule has 4 nitrogen and oxygen atoms in total. The second kappa shape index (κ2) is 8.70. The highest BCUT2D eigenvalue weighted by atomic mass is 35.5. The lowest BCUT2D eigenvalue weighted by molar-refractivity contribution is -0.138. The molecule has 0 aromatic heterocycles. The van der Waals surface area contributed by atoms with Gasteiger partial charge in [0.05, 0.1) is 5.92 Å². The zero-order valence-electron chi connectivity index (χ0n) is 14.7. The number of piperidine rings is 1. The fraction of sp³-hybridized carbons (Fsp3) is 0.600. The van der Waals surface area contributed by atoms with Crippen molar-refractivity contribution in [3.05, 3.63) is 34.9 Å². The standard InChI is InChI=1S/C20H27ClN2O2/c21-18-8-5-16(6-9-18)13-23-14-17(7-10-19(23)24)20(25)22-12-11-15-3-1-2-4-15/h5-6,8-9,15,17H,1-4,7,10-14H2,(H,22,25)/t17-/m0/s1. The van der Waals surface area contributed by atoms with E-state index in [0.29, 0.717) is 31.0 Å². The number of likely N-dealkylation sites (tertiary alicyclic amines) is 1. The third-order valence-corrected chi connectivity index (χ3v) is 5.74. The number of nitrogens with zero attached hydrogens (tertiary/aromatic N) is 1. The second-order valence-corrected chi connectivity index (χ2v) is 7.80. The van der Waals surface area contributed by atoms with Crippen molar-refractivity contribution in [1.29, 1.82) is 0 Å². The van der Waals surface area contributed by atoms with Gasteiger partial charge in [-0.3, -0.25) is 9.59 Å². The molecule has 0 radical (unpaired) electrons. The SMILES string of the molecule is O=C(NCCC1CCCC1)[C@H]1CCC(=O)N(Cc2ccc(Cl)cc2)C1. The van der Waals surface area contributed by atoms with Crippen LogP contribution in [0.5, 0.6) is 0 Å². The highest BCUT2D eigenvalue weighted by molar-refractivity contribution is 6.30. The number of hydrogen-bond donors (Lipinski definition) is 1. The Kier molecular flexibility index (Phi) is 6.35. The van der Waals surface area contributed by atoms with Gasteiger partial charge in [0, 0.05) is 31.1 Å². The maximum Gasteiger partial charge on any atom is 0.224 e. The molecule has 1 saturated carbocycles. The Morgan fingerprint density at radius 2 is 1.88 bits per heavy atom. The van der Waals surface area contributed by atoms with Gasteiger partial charge in [0.2, 0.25) is 11.8 Å². The van der Waals surface area contributed by atoms with Gasteiger partial charge in [0.15, 0.2) is 0 Å². The van der Waals surface area contributed by atoms with E-state index >= 15 is 0 Å². The molecule has 0 unspecified atom stereocenters. The predicted molar refractivity (Wildman–Crippen MR) is 99.2 cm³/mol. The summed E-state index contributed by atoms with van der Waals surface area (Å²) >= 11 is 5.91. The van der Waals surface area contributed by atoms with Crippen molar-refractivity contribution < 1.29 is 9.59 Å². The van der Waals surface area contributed by atoms with Crippen molar-refractivity contribution in [3.8, 4) is 0 Å². The van der Waals surface area contributed by atoms with Crippen LogP contribution in [0, 0.1) is 11.8 Å². The molecule has 1 aromatic carbocycles. The van der Waals surface area contributed by atoms with Crippen molar-refractivity contribution in [2.75, 3.05) is 13.1 Å². The average Bonchev–Trinajstić information content (AvgIpc) is 3.12. The highest BCUT2D eigenvalue weighted by Crippen LogP contribution is 2.27. The lowest BCUT2D eigenvalue weighted by Gasteiger charge is -2.32. The third kappa shape index (κ3) is 5.21. The van der Waals surface area contributed by atoms with E-state index in [-0.39, 0.29) is 17.7 Å².